The van der Waals surface area contributed by atoms with Gasteiger partial charge in [0.25, 0.3) is 0 Å². The molecule has 3 aromatic heterocycles. The number of hydrogen-bond donors (Lipinski definition) is 0. The predicted octanol–water partition coefficient (Wildman–Crippen LogP) is 4.47. The third-order valence-electron chi connectivity index (χ3n) is 7.83. The molecule has 1 atom stereocenters. The zero-order valence-corrected chi connectivity index (χ0v) is 20.0. The van der Waals surface area contributed by atoms with Crippen molar-refractivity contribution >= 4 is 11.2 Å². The third-order valence-corrected chi connectivity index (χ3v) is 7.83. The summed E-state index contributed by atoms with van der Waals surface area (Å²) in [6.07, 6.45) is 11.5. The van der Waals surface area contributed by atoms with Gasteiger partial charge in [-0.05, 0) is 70.2 Å². The average molecular weight is 445 g/mol. The molecule has 6 rings (SSSR count). The molecule has 5 heterocycles. The lowest BCUT2D eigenvalue weighted by atomic mass is 10.1. The van der Waals surface area contributed by atoms with Crippen molar-refractivity contribution in [3.05, 3.63) is 48.5 Å². The van der Waals surface area contributed by atoms with Crippen LogP contribution in [0.2, 0.25) is 0 Å². The molecular weight excluding hydrogens is 408 g/mol. The number of aromatic nitrogens is 3. The van der Waals surface area contributed by atoms with E-state index in [1.54, 1.807) is 0 Å². The van der Waals surface area contributed by atoms with Crippen LogP contribution in [0.25, 0.3) is 16.6 Å². The molecular formula is C27H36N6. The summed E-state index contributed by atoms with van der Waals surface area (Å²) in [7, 11) is 0. The number of anilines is 1. The standard InChI is InChI=1S/C27H36N6/c1-20(2)32-11-3-4-25(32)24-8-7-22(17-28-24)23-16-27-26(9-10-29-33(27)19-23)31-14-12-30(13-15-31)18-21-5-6-21/h7-10,16-17,19-21,25H,3-6,11-15,18H2,1-2H3/t25-/m1/s1. The topological polar surface area (TPSA) is 39.9 Å². The summed E-state index contributed by atoms with van der Waals surface area (Å²) in [5.74, 6) is 0.972. The molecule has 33 heavy (non-hydrogen) atoms. The van der Waals surface area contributed by atoms with Gasteiger partial charge in [0.2, 0.25) is 0 Å². The Hall–Kier alpha value is -2.44. The molecule has 0 unspecified atom stereocenters. The maximum absolute atomic E-state index is 4.90. The van der Waals surface area contributed by atoms with Crippen LogP contribution in [0.15, 0.2) is 42.9 Å². The first-order valence-corrected chi connectivity index (χ1v) is 12.8. The second-order valence-corrected chi connectivity index (χ2v) is 10.5. The van der Waals surface area contributed by atoms with Gasteiger partial charge in [0.15, 0.2) is 0 Å². The van der Waals surface area contributed by atoms with Crippen molar-refractivity contribution in [1.82, 2.24) is 24.4 Å². The Morgan fingerprint density at radius 2 is 1.82 bits per heavy atom. The van der Waals surface area contributed by atoms with Gasteiger partial charge in [0.1, 0.15) is 0 Å². The van der Waals surface area contributed by atoms with Crippen LogP contribution in [0.5, 0.6) is 0 Å². The van der Waals surface area contributed by atoms with Gasteiger partial charge in [-0.2, -0.15) is 5.10 Å². The van der Waals surface area contributed by atoms with E-state index in [4.69, 9.17) is 4.98 Å². The first kappa shape index (κ1) is 21.1. The summed E-state index contributed by atoms with van der Waals surface area (Å²) in [5, 5.41) is 4.61. The molecule has 0 aromatic carbocycles. The quantitative estimate of drug-likeness (QED) is 0.561. The first-order chi connectivity index (χ1) is 16.2. The Kier molecular flexibility index (Phi) is 5.59. The number of hydrogen-bond acceptors (Lipinski definition) is 5. The minimum atomic E-state index is 0.457. The fourth-order valence-corrected chi connectivity index (χ4v) is 5.76. The van der Waals surface area contributed by atoms with E-state index in [1.807, 2.05) is 10.7 Å². The van der Waals surface area contributed by atoms with Crippen molar-refractivity contribution < 1.29 is 0 Å². The van der Waals surface area contributed by atoms with Gasteiger partial charge in [0, 0.05) is 68.5 Å². The van der Waals surface area contributed by atoms with Crippen LogP contribution in [0, 0.1) is 5.92 Å². The van der Waals surface area contributed by atoms with Crippen LogP contribution < -0.4 is 4.90 Å². The van der Waals surface area contributed by atoms with Crippen LogP contribution in [0.1, 0.15) is 51.3 Å². The molecule has 1 saturated carbocycles. The van der Waals surface area contributed by atoms with Crippen molar-refractivity contribution in [2.45, 2.75) is 51.6 Å². The second kappa shape index (κ2) is 8.73. The van der Waals surface area contributed by atoms with Crippen LogP contribution in [0.4, 0.5) is 5.69 Å². The summed E-state index contributed by atoms with van der Waals surface area (Å²) in [6.45, 7) is 11.6. The number of fused-ring (bicyclic) bond motifs is 1. The van der Waals surface area contributed by atoms with Crippen LogP contribution in [0.3, 0.4) is 0 Å². The van der Waals surface area contributed by atoms with Crippen molar-refractivity contribution in [2.24, 2.45) is 5.92 Å². The molecule has 0 amide bonds. The minimum Gasteiger partial charge on any atom is -0.367 e. The van der Waals surface area contributed by atoms with Gasteiger partial charge < -0.3 is 4.90 Å². The molecule has 2 saturated heterocycles. The molecule has 0 spiro atoms. The smallest absolute Gasteiger partial charge is 0.0886 e. The van der Waals surface area contributed by atoms with E-state index in [2.05, 4.69) is 70.3 Å². The van der Waals surface area contributed by atoms with Gasteiger partial charge >= 0.3 is 0 Å². The molecule has 6 nitrogen and oxygen atoms in total. The summed E-state index contributed by atoms with van der Waals surface area (Å²) in [5.41, 5.74) is 6.04. The lowest BCUT2D eigenvalue weighted by Crippen LogP contribution is -2.47. The molecule has 0 N–H and O–H groups in total. The van der Waals surface area contributed by atoms with Gasteiger partial charge in [-0.3, -0.25) is 14.8 Å². The maximum Gasteiger partial charge on any atom is 0.0886 e. The Labute approximate surface area is 197 Å². The monoisotopic (exact) mass is 444 g/mol. The molecule has 3 aromatic rings. The zero-order chi connectivity index (χ0) is 22.4. The third kappa shape index (κ3) is 4.26. The predicted molar refractivity (Wildman–Crippen MR) is 134 cm³/mol. The number of rotatable bonds is 6. The fourth-order valence-electron chi connectivity index (χ4n) is 5.76. The Morgan fingerprint density at radius 1 is 0.970 bits per heavy atom. The van der Waals surface area contributed by atoms with E-state index in [0.717, 1.165) is 19.0 Å². The number of pyridine rings is 1. The van der Waals surface area contributed by atoms with Crippen molar-refractivity contribution in [1.29, 1.82) is 0 Å². The first-order valence-electron chi connectivity index (χ1n) is 12.8. The van der Waals surface area contributed by atoms with Gasteiger partial charge in [-0.1, -0.05) is 6.07 Å². The Morgan fingerprint density at radius 3 is 2.55 bits per heavy atom. The molecule has 3 aliphatic rings. The molecule has 0 radical (unpaired) electrons. The fraction of sp³-hybridized carbons (Fsp3) is 0.556. The highest BCUT2D eigenvalue weighted by atomic mass is 15.3. The molecule has 0 bridgehead atoms. The largest absolute Gasteiger partial charge is 0.367 e. The number of piperazine rings is 1. The molecule has 174 valence electrons. The van der Waals surface area contributed by atoms with E-state index >= 15 is 0 Å². The van der Waals surface area contributed by atoms with Crippen LogP contribution >= 0.6 is 0 Å². The highest BCUT2D eigenvalue weighted by molar-refractivity contribution is 5.79. The Balaban J connectivity index is 1.21. The SMILES string of the molecule is CC(C)N1CCC[C@@H]1c1ccc(-c2cc3c(N4CCN(CC5CC5)CC4)ccnn3c2)cn1. The zero-order valence-electron chi connectivity index (χ0n) is 20.0. The Bertz CT molecular complexity index is 1090. The average Bonchev–Trinajstić information content (AvgIpc) is 3.33. The van der Waals surface area contributed by atoms with Crippen LogP contribution in [-0.4, -0.2) is 69.7 Å². The highest BCUT2D eigenvalue weighted by Gasteiger charge is 2.29. The van der Waals surface area contributed by atoms with Crippen molar-refractivity contribution in [3.8, 4) is 11.1 Å². The van der Waals surface area contributed by atoms with Crippen LogP contribution in [-0.2, 0) is 0 Å². The summed E-state index contributed by atoms with van der Waals surface area (Å²) < 4.78 is 2.03. The highest BCUT2D eigenvalue weighted by Crippen LogP contribution is 2.34. The molecule has 3 fully saturated rings. The summed E-state index contributed by atoms with van der Waals surface area (Å²) >= 11 is 0. The van der Waals surface area contributed by atoms with Crippen molar-refractivity contribution in [2.75, 3.05) is 44.2 Å². The lowest BCUT2D eigenvalue weighted by molar-refractivity contribution is 0.202. The number of likely N-dealkylation sites (tertiary alicyclic amines) is 1. The normalized spacial score (nSPS) is 22.6. The minimum absolute atomic E-state index is 0.457. The van der Waals surface area contributed by atoms with Gasteiger partial charge in [-0.25, -0.2) is 4.52 Å². The molecule has 2 aliphatic heterocycles. The van der Waals surface area contributed by atoms with E-state index in [0.29, 0.717) is 12.1 Å². The maximum atomic E-state index is 4.90. The molecule has 6 heteroatoms. The van der Waals surface area contributed by atoms with E-state index in [-0.39, 0.29) is 0 Å². The lowest BCUT2D eigenvalue weighted by Gasteiger charge is -2.36. The number of nitrogens with zero attached hydrogens (tertiary/aromatic N) is 6. The molecule has 1 aliphatic carbocycles. The van der Waals surface area contributed by atoms with Crippen molar-refractivity contribution in [3.63, 3.8) is 0 Å². The van der Waals surface area contributed by atoms with E-state index < -0.39 is 0 Å². The second-order valence-electron chi connectivity index (χ2n) is 10.5. The van der Waals surface area contributed by atoms with E-state index in [1.165, 1.54) is 79.9 Å². The summed E-state index contributed by atoms with van der Waals surface area (Å²) in [4.78, 5) is 12.7. The van der Waals surface area contributed by atoms with E-state index in [9.17, 15) is 0 Å². The summed E-state index contributed by atoms with van der Waals surface area (Å²) in [6, 6.07) is 9.96. The van der Waals surface area contributed by atoms with Gasteiger partial charge in [-0.15, -0.1) is 0 Å². The van der Waals surface area contributed by atoms with Gasteiger partial charge in [0.05, 0.1) is 22.9 Å².